The number of hydrogen-bond acceptors (Lipinski definition) is 4. The van der Waals surface area contributed by atoms with Crippen molar-refractivity contribution in [3.63, 3.8) is 0 Å². The summed E-state index contributed by atoms with van der Waals surface area (Å²) in [5.74, 6) is 0.661. The van der Waals surface area contributed by atoms with Gasteiger partial charge in [0, 0.05) is 45.0 Å². The summed E-state index contributed by atoms with van der Waals surface area (Å²) < 4.78 is 15.4. The molecule has 0 radical (unpaired) electrons. The minimum Gasteiger partial charge on any atom is -0.369 e. The largest absolute Gasteiger partial charge is 0.369 e. The first-order valence-electron chi connectivity index (χ1n) is 9.96. The summed E-state index contributed by atoms with van der Waals surface area (Å²) >= 11 is 0. The van der Waals surface area contributed by atoms with E-state index in [1.54, 1.807) is 31.8 Å². The number of nitrogens with zero attached hydrogens (tertiary/aromatic N) is 5. The average Bonchev–Trinajstić information content (AvgIpc) is 3.20. The monoisotopic (exact) mass is 515 g/mol. The van der Waals surface area contributed by atoms with Crippen LogP contribution in [-0.2, 0) is 6.54 Å². The van der Waals surface area contributed by atoms with Gasteiger partial charge in [0.05, 0.1) is 0 Å². The first-order chi connectivity index (χ1) is 13.7. The van der Waals surface area contributed by atoms with Crippen molar-refractivity contribution in [1.82, 2.24) is 25.4 Å². The minimum atomic E-state index is -0.179. The number of anilines is 1. The number of rotatable bonds is 7. The second-order valence-electron chi connectivity index (χ2n) is 7.27. The van der Waals surface area contributed by atoms with Crippen LogP contribution in [0.25, 0.3) is 0 Å². The quantitative estimate of drug-likeness (QED) is 0.257. The van der Waals surface area contributed by atoms with Crippen molar-refractivity contribution in [3.05, 3.63) is 42.2 Å². The Bertz CT molecular complexity index is 766. The van der Waals surface area contributed by atoms with E-state index in [2.05, 4.69) is 30.7 Å². The summed E-state index contributed by atoms with van der Waals surface area (Å²) in [7, 11) is 1.80. The van der Waals surface area contributed by atoms with E-state index in [9.17, 15) is 4.39 Å². The minimum absolute atomic E-state index is 0. The van der Waals surface area contributed by atoms with Gasteiger partial charge < -0.3 is 20.1 Å². The van der Waals surface area contributed by atoms with Crippen molar-refractivity contribution in [1.29, 1.82) is 0 Å². The summed E-state index contributed by atoms with van der Waals surface area (Å²) in [6.07, 6.45) is 7.79. The zero-order valence-electron chi connectivity index (χ0n) is 17.1. The van der Waals surface area contributed by atoms with Crippen LogP contribution >= 0.6 is 24.0 Å². The van der Waals surface area contributed by atoms with Gasteiger partial charge in [-0.15, -0.1) is 34.2 Å². The topological polar surface area (TPSA) is 70.4 Å². The molecule has 2 heterocycles. The molecule has 9 heteroatoms. The zero-order chi connectivity index (χ0) is 19.8. The molecule has 0 amide bonds. The fourth-order valence-corrected chi connectivity index (χ4v) is 3.64. The predicted molar refractivity (Wildman–Crippen MR) is 126 cm³/mol. The van der Waals surface area contributed by atoms with Crippen LogP contribution in [0, 0.1) is 12.7 Å². The summed E-state index contributed by atoms with van der Waals surface area (Å²) in [5.41, 5.74) is 2.10. The third kappa shape index (κ3) is 7.13. The van der Waals surface area contributed by atoms with Crippen LogP contribution < -0.4 is 15.5 Å². The molecule has 0 bridgehead atoms. The SMILES string of the molecule is CN=C(NCCCCn1cnnc1)NC1CCCN(c2ccc(F)cc2C)C1.I. The Labute approximate surface area is 189 Å². The van der Waals surface area contributed by atoms with E-state index in [1.807, 2.05) is 17.6 Å². The third-order valence-electron chi connectivity index (χ3n) is 5.09. The summed E-state index contributed by atoms with van der Waals surface area (Å²) in [5, 5.41) is 14.6. The highest BCUT2D eigenvalue weighted by Gasteiger charge is 2.22. The molecule has 1 saturated heterocycles. The Balaban J connectivity index is 0.00000300. The molecule has 1 unspecified atom stereocenters. The standard InChI is InChI=1S/C20H30FN7.HI/c1-16-12-17(21)7-8-19(16)28-11-5-6-18(13-28)26-20(22-2)23-9-3-4-10-27-14-24-25-15-27;/h7-8,12,14-15,18H,3-6,9-11,13H2,1-2H3,(H2,22,23,26);1H. The molecular formula is C20H31FIN7. The number of piperidine rings is 1. The van der Waals surface area contributed by atoms with Gasteiger partial charge in [-0.2, -0.15) is 0 Å². The molecule has 7 nitrogen and oxygen atoms in total. The van der Waals surface area contributed by atoms with Gasteiger partial charge in [-0.05, 0) is 56.4 Å². The normalized spacial score (nSPS) is 17.0. The van der Waals surface area contributed by atoms with Gasteiger partial charge in [-0.25, -0.2) is 4.39 Å². The molecule has 0 aliphatic carbocycles. The van der Waals surface area contributed by atoms with Crippen molar-refractivity contribution in [2.75, 3.05) is 31.6 Å². The highest BCUT2D eigenvalue weighted by Crippen LogP contribution is 2.24. The molecule has 2 aromatic rings. The molecule has 1 aromatic heterocycles. The van der Waals surface area contributed by atoms with Gasteiger partial charge in [0.1, 0.15) is 18.5 Å². The smallest absolute Gasteiger partial charge is 0.191 e. The molecule has 0 saturated carbocycles. The Morgan fingerprint density at radius 1 is 1.28 bits per heavy atom. The molecule has 1 aliphatic rings. The van der Waals surface area contributed by atoms with Crippen molar-refractivity contribution < 1.29 is 4.39 Å². The maximum absolute atomic E-state index is 13.4. The van der Waals surface area contributed by atoms with E-state index in [1.165, 1.54) is 0 Å². The fraction of sp³-hybridized carbons (Fsp3) is 0.550. The van der Waals surface area contributed by atoms with E-state index >= 15 is 0 Å². The Morgan fingerprint density at radius 2 is 2.07 bits per heavy atom. The van der Waals surface area contributed by atoms with Gasteiger partial charge in [0.25, 0.3) is 0 Å². The number of nitrogens with one attached hydrogen (secondary N) is 2. The van der Waals surface area contributed by atoms with E-state index < -0.39 is 0 Å². The zero-order valence-corrected chi connectivity index (χ0v) is 19.5. The average molecular weight is 515 g/mol. The number of guanidine groups is 1. The Kier molecular flexibility index (Phi) is 9.62. The van der Waals surface area contributed by atoms with Crippen LogP contribution in [-0.4, -0.2) is 53.4 Å². The molecule has 1 atom stereocenters. The van der Waals surface area contributed by atoms with Crippen LogP contribution in [0.1, 0.15) is 31.2 Å². The highest BCUT2D eigenvalue weighted by atomic mass is 127. The first-order valence-corrected chi connectivity index (χ1v) is 9.96. The lowest BCUT2D eigenvalue weighted by molar-refractivity contribution is 0.466. The second-order valence-corrected chi connectivity index (χ2v) is 7.27. The lowest BCUT2D eigenvalue weighted by atomic mass is 10.0. The van der Waals surface area contributed by atoms with Crippen molar-refractivity contribution in [2.45, 2.75) is 45.2 Å². The van der Waals surface area contributed by atoms with Crippen LogP contribution in [0.2, 0.25) is 0 Å². The Morgan fingerprint density at radius 3 is 2.79 bits per heavy atom. The van der Waals surface area contributed by atoms with E-state index in [4.69, 9.17) is 0 Å². The number of unbranched alkanes of at least 4 members (excludes halogenated alkanes) is 1. The number of aliphatic imine (C=N–C) groups is 1. The van der Waals surface area contributed by atoms with E-state index in [0.29, 0.717) is 6.04 Å². The molecule has 160 valence electrons. The van der Waals surface area contributed by atoms with Gasteiger partial charge in [0.2, 0.25) is 0 Å². The lowest BCUT2D eigenvalue weighted by Crippen LogP contribution is -2.51. The first kappa shape index (κ1) is 23.4. The molecule has 29 heavy (non-hydrogen) atoms. The van der Waals surface area contributed by atoms with Gasteiger partial charge in [0.15, 0.2) is 5.96 Å². The second kappa shape index (κ2) is 11.9. The van der Waals surface area contributed by atoms with Crippen molar-refractivity contribution in [2.24, 2.45) is 4.99 Å². The van der Waals surface area contributed by atoms with Crippen LogP contribution in [0.4, 0.5) is 10.1 Å². The van der Waals surface area contributed by atoms with Crippen LogP contribution in [0.3, 0.4) is 0 Å². The molecule has 1 aromatic carbocycles. The maximum Gasteiger partial charge on any atom is 0.191 e. The lowest BCUT2D eigenvalue weighted by Gasteiger charge is -2.36. The molecule has 1 aliphatic heterocycles. The van der Waals surface area contributed by atoms with Crippen LogP contribution in [0.5, 0.6) is 0 Å². The van der Waals surface area contributed by atoms with Crippen molar-refractivity contribution in [3.8, 4) is 0 Å². The number of aromatic nitrogens is 3. The third-order valence-corrected chi connectivity index (χ3v) is 5.09. The maximum atomic E-state index is 13.4. The van der Waals surface area contributed by atoms with Crippen LogP contribution in [0.15, 0.2) is 35.8 Å². The van der Waals surface area contributed by atoms with E-state index in [0.717, 1.165) is 69.1 Å². The Hall–Kier alpha value is -1.91. The number of hydrogen-bond donors (Lipinski definition) is 2. The van der Waals surface area contributed by atoms with Gasteiger partial charge in [-0.1, -0.05) is 0 Å². The van der Waals surface area contributed by atoms with Gasteiger partial charge in [-0.3, -0.25) is 4.99 Å². The number of benzene rings is 1. The molecule has 0 spiro atoms. The molecule has 1 fully saturated rings. The summed E-state index contributed by atoms with van der Waals surface area (Å²) in [6, 6.07) is 5.35. The predicted octanol–water partition coefficient (Wildman–Crippen LogP) is 2.96. The van der Waals surface area contributed by atoms with E-state index in [-0.39, 0.29) is 29.8 Å². The van der Waals surface area contributed by atoms with Crippen molar-refractivity contribution >= 4 is 35.6 Å². The molecule has 2 N–H and O–H groups in total. The summed E-state index contributed by atoms with van der Waals surface area (Å²) in [4.78, 5) is 6.69. The molecular weight excluding hydrogens is 484 g/mol. The van der Waals surface area contributed by atoms with Gasteiger partial charge >= 0.3 is 0 Å². The highest BCUT2D eigenvalue weighted by molar-refractivity contribution is 14.0. The number of halogens is 2. The fourth-order valence-electron chi connectivity index (χ4n) is 3.64. The number of aryl methyl sites for hydroxylation is 2. The molecule has 3 rings (SSSR count). The summed E-state index contributed by atoms with van der Waals surface area (Å²) in [6.45, 7) is 5.65.